The molecule has 2 aliphatic heterocycles. The molecule has 30 heavy (non-hydrogen) atoms. The molecule has 1 aromatic rings. The second-order valence-corrected chi connectivity index (χ2v) is 8.69. The Labute approximate surface area is 178 Å². The summed E-state index contributed by atoms with van der Waals surface area (Å²) in [5, 5.41) is 2.85. The van der Waals surface area contributed by atoms with Crippen molar-refractivity contribution in [3.63, 3.8) is 0 Å². The van der Waals surface area contributed by atoms with Gasteiger partial charge in [0, 0.05) is 25.0 Å². The molecule has 164 valence electrons. The van der Waals surface area contributed by atoms with Crippen LogP contribution in [0.1, 0.15) is 56.9 Å². The number of hydrogen-bond donors (Lipinski definition) is 1. The van der Waals surface area contributed by atoms with E-state index in [1.54, 1.807) is 14.2 Å². The fourth-order valence-electron chi connectivity index (χ4n) is 5.71. The molecule has 3 atom stereocenters. The first kappa shape index (κ1) is 20.8. The van der Waals surface area contributed by atoms with Crippen molar-refractivity contribution >= 4 is 12.0 Å². The Morgan fingerprint density at radius 3 is 2.80 bits per heavy atom. The molecule has 1 aromatic carbocycles. The van der Waals surface area contributed by atoms with E-state index in [9.17, 15) is 9.59 Å². The maximum Gasteiger partial charge on any atom is 0.407 e. The topological polar surface area (TPSA) is 77.1 Å². The largest absolute Gasteiger partial charge is 0.493 e. The van der Waals surface area contributed by atoms with E-state index in [0.717, 1.165) is 57.1 Å². The number of carbonyl (C=O) groups excluding carboxylic acids is 2. The van der Waals surface area contributed by atoms with Gasteiger partial charge in [0.05, 0.1) is 14.2 Å². The van der Waals surface area contributed by atoms with Crippen molar-refractivity contribution in [3.8, 4) is 11.5 Å². The summed E-state index contributed by atoms with van der Waals surface area (Å²) in [6, 6.07) is 5.56. The quantitative estimate of drug-likeness (QED) is 0.793. The van der Waals surface area contributed by atoms with Crippen LogP contribution in [0.3, 0.4) is 0 Å². The van der Waals surface area contributed by atoms with Crippen LogP contribution in [0.15, 0.2) is 18.2 Å². The van der Waals surface area contributed by atoms with Gasteiger partial charge in [-0.2, -0.15) is 0 Å². The van der Waals surface area contributed by atoms with Gasteiger partial charge in [0.2, 0.25) is 5.91 Å². The lowest BCUT2D eigenvalue weighted by molar-refractivity contribution is -0.138. The molecular weight excluding hydrogens is 384 g/mol. The number of ether oxygens (including phenoxy) is 3. The number of rotatable bonds is 5. The summed E-state index contributed by atoms with van der Waals surface area (Å²) < 4.78 is 16.3. The van der Waals surface area contributed by atoms with Crippen molar-refractivity contribution in [2.75, 3.05) is 20.8 Å². The van der Waals surface area contributed by atoms with E-state index in [-0.39, 0.29) is 11.6 Å². The van der Waals surface area contributed by atoms with Gasteiger partial charge in [-0.3, -0.25) is 4.79 Å². The number of hydrogen-bond acceptors (Lipinski definition) is 5. The van der Waals surface area contributed by atoms with Crippen LogP contribution < -0.4 is 14.8 Å². The molecule has 0 bridgehead atoms. The van der Waals surface area contributed by atoms with Gasteiger partial charge in [0.15, 0.2) is 11.5 Å². The van der Waals surface area contributed by atoms with Crippen LogP contribution in [0.2, 0.25) is 0 Å². The minimum atomic E-state index is -0.390. The maximum atomic E-state index is 12.5. The maximum absolute atomic E-state index is 12.5. The molecule has 0 radical (unpaired) electrons. The van der Waals surface area contributed by atoms with Crippen LogP contribution in [0.5, 0.6) is 11.5 Å². The first-order chi connectivity index (χ1) is 14.6. The zero-order valence-electron chi connectivity index (χ0n) is 17.9. The van der Waals surface area contributed by atoms with Crippen LogP contribution in [0.4, 0.5) is 4.79 Å². The van der Waals surface area contributed by atoms with Crippen LogP contribution in [0.25, 0.3) is 0 Å². The first-order valence-corrected chi connectivity index (χ1v) is 11.0. The van der Waals surface area contributed by atoms with E-state index in [0.29, 0.717) is 36.3 Å². The lowest BCUT2D eigenvalue weighted by Crippen LogP contribution is -2.54. The fraction of sp³-hybridized carbons (Fsp3) is 0.652. The highest BCUT2D eigenvalue weighted by Crippen LogP contribution is 2.49. The van der Waals surface area contributed by atoms with E-state index in [1.165, 1.54) is 0 Å². The van der Waals surface area contributed by atoms with Crippen LogP contribution >= 0.6 is 0 Å². The summed E-state index contributed by atoms with van der Waals surface area (Å²) in [5.41, 5.74) is 0.930. The molecule has 7 nitrogen and oxygen atoms in total. The third kappa shape index (κ3) is 3.94. The monoisotopic (exact) mass is 416 g/mol. The molecule has 1 spiro atoms. The number of amides is 2. The van der Waals surface area contributed by atoms with Gasteiger partial charge in [-0.25, -0.2) is 4.79 Å². The first-order valence-electron chi connectivity index (χ1n) is 11.0. The fourth-order valence-corrected chi connectivity index (χ4v) is 5.71. The molecule has 1 aliphatic carbocycles. The summed E-state index contributed by atoms with van der Waals surface area (Å²) in [7, 11) is 3.18. The standard InChI is InChI=1S/C23H32N2O5/c1-28-19-8-7-16(13-20(19)29-2)15-24-22(27)30-18-9-11-23-10-4-12-25(23)21(26)6-3-5-17(23)14-18/h7-8,13,17-18H,3-6,9-12,14-15H2,1-2H3,(H,24,27)/t17-,18-,23+/m0/s1. The van der Waals surface area contributed by atoms with Crippen molar-refractivity contribution in [1.82, 2.24) is 10.2 Å². The minimum absolute atomic E-state index is 0.0174. The molecule has 3 fully saturated rings. The Bertz CT molecular complexity index is 798. The Kier molecular flexibility index (Phi) is 6.06. The molecule has 1 N–H and O–H groups in total. The summed E-state index contributed by atoms with van der Waals surface area (Å²) in [4.78, 5) is 27.1. The highest BCUT2D eigenvalue weighted by Gasteiger charge is 2.52. The summed E-state index contributed by atoms with van der Waals surface area (Å²) in [5.74, 6) is 2.04. The summed E-state index contributed by atoms with van der Waals surface area (Å²) in [6.45, 7) is 1.26. The average molecular weight is 417 g/mol. The van der Waals surface area contributed by atoms with Gasteiger partial charge in [0.25, 0.3) is 0 Å². The smallest absolute Gasteiger partial charge is 0.407 e. The molecule has 0 aromatic heterocycles. The number of nitrogens with one attached hydrogen (secondary N) is 1. The molecule has 2 saturated heterocycles. The normalized spacial score (nSPS) is 28.2. The number of nitrogens with zero attached hydrogens (tertiary/aromatic N) is 1. The summed E-state index contributed by atoms with van der Waals surface area (Å²) >= 11 is 0. The van der Waals surface area contributed by atoms with Crippen molar-refractivity contribution in [1.29, 1.82) is 0 Å². The summed E-state index contributed by atoms with van der Waals surface area (Å²) in [6.07, 6.45) is 7.00. The Morgan fingerprint density at radius 1 is 1.17 bits per heavy atom. The van der Waals surface area contributed by atoms with Gasteiger partial charge in [-0.05, 0) is 68.6 Å². The molecule has 1 saturated carbocycles. The number of methoxy groups -OCH3 is 2. The molecule has 3 aliphatic rings. The van der Waals surface area contributed by atoms with E-state index >= 15 is 0 Å². The van der Waals surface area contributed by atoms with E-state index in [4.69, 9.17) is 14.2 Å². The van der Waals surface area contributed by atoms with Gasteiger partial charge >= 0.3 is 6.09 Å². The molecular formula is C23H32N2O5. The second kappa shape index (κ2) is 8.74. The second-order valence-electron chi connectivity index (χ2n) is 8.69. The minimum Gasteiger partial charge on any atom is -0.493 e. The third-order valence-corrected chi connectivity index (χ3v) is 7.14. The van der Waals surface area contributed by atoms with Crippen LogP contribution in [-0.2, 0) is 16.1 Å². The Morgan fingerprint density at radius 2 is 2.00 bits per heavy atom. The predicted molar refractivity (Wildman–Crippen MR) is 112 cm³/mol. The lowest BCUT2D eigenvalue weighted by Gasteiger charge is -2.48. The Balaban J connectivity index is 1.32. The zero-order valence-corrected chi connectivity index (χ0v) is 17.9. The SMILES string of the molecule is COc1ccc(CNC(=O)O[C@H]2CC[C@@]34CCCN3C(=O)CCC[C@H]4C2)cc1OC. The van der Waals surface area contributed by atoms with Crippen molar-refractivity contribution < 1.29 is 23.8 Å². The zero-order chi connectivity index (χ0) is 21.1. The average Bonchev–Trinajstić information content (AvgIpc) is 3.13. The number of benzene rings is 1. The van der Waals surface area contributed by atoms with Gasteiger partial charge in [-0.15, -0.1) is 0 Å². The molecule has 2 heterocycles. The lowest BCUT2D eigenvalue weighted by atomic mass is 9.69. The highest BCUT2D eigenvalue weighted by atomic mass is 16.6. The van der Waals surface area contributed by atoms with E-state index in [2.05, 4.69) is 10.2 Å². The van der Waals surface area contributed by atoms with Crippen LogP contribution in [0, 0.1) is 5.92 Å². The molecule has 7 heteroatoms. The van der Waals surface area contributed by atoms with Gasteiger partial charge in [-0.1, -0.05) is 6.07 Å². The molecule has 4 rings (SSSR count). The van der Waals surface area contributed by atoms with E-state index in [1.807, 2.05) is 18.2 Å². The number of alkyl carbamates (subject to hydrolysis) is 1. The molecule has 0 unspecified atom stereocenters. The molecule has 2 amide bonds. The van der Waals surface area contributed by atoms with Crippen molar-refractivity contribution in [3.05, 3.63) is 23.8 Å². The third-order valence-electron chi connectivity index (χ3n) is 7.14. The Hall–Kier alpha value is -2.44. The van der Waals surface area contributed by atoms with E-state index < -0.39 is 6.09 Å². The van der Waals surface area contributed by atoms with Gasteiger partial charge < -0.3 is 24.4 Å². The van der Waals surface area contributed by atoms with Crippen molar-refractivity contribution in [2.45, 2.75) is 69.6 Å². The van der Waals surface area contributed by atoms with Crippen LogP contribution in [-0.4, -0.2) is 49.3 Å². The van der Waals surface area contributed by atoms with Crippen molar-refractivity contribution in [2.24, 2.45) is 5.92 Å². The highest BCUT2D eigenvalue weighted by molar-refractivity contribution is 5.78. The van der Waals surface area contributed by atoms with Gasteiger partial charge in [0.1, 0.15) is 6.10 Å². The number of carbonyl (C=O) groups is 2. The predicted octanol–water partition coefficient (Wildman–Crippen LogP) is 3.64.